The highest BCUT2D eigenvalue weighted by Crippen LogP contribution is 2.31. The average Bonchev–Trinajstić information content (AvgIpc) is 3.34. The fourth-order valence-corrected chi connectivity index (χ4v) is 4.41. The van der Waals surface area contributed by atoms with Crippen molar-refractivity contribution in [3.63, 3.8) is 0 Å². The van der Waals surface area contributed by atoms with E-state index in [4.69, 9.17) is 14.0 Å². The highest BCUT2D eigenvalue weighted by molar-refractivity contribution is 5.86. The van der Waals surface area contributed by atoms with Crippen molar-refractivity contribution >= 4 is 10.9 Å². The number of rotatable bonds is 5. The lowest BCUT2D eigenvalue weighted by Crippen LogP contribution is -2.38. The molecule has 166 valence electrons. The summed E-state index contributed by atoms with van der Waals surface area (Å²) in [5.41, 5.74) is 2.56. The summed E-state index contributed by atoms with van der Waals surface area (Å²) in [6.07, 6.45) is -0.302. The van der Waals surface area contributed by atoms with E-state index in [1.165, 1.54) is 10.8 Å². The van der Waals surface area contributed by atoms with Gasteiger partial charge in [0.05, 0.1) is 18.7 Å². The van der Waals surface area contributed by atoms with Gasteiger partial charge in [0.15, 0.2) is 0 Å². The number of likely N-dealkylation sites (tertiary alicyclic amines) is 1. The second-order valence-electron chi connectivity index (χ2n) is 8.17. The quantitative estimate of drug-likeness (QED) is 0.598. The van der Waals surface area contributed by atoms with Gasteiger partial charge in [0.2, 0.25) is 0 Å². The Balaban J connectivity index is 1.21. The maximum absolute atomic E-state index is 12.8. The summed E-state index contributed by atoms with van der Waals surface area (Å²) in [7, 11) is 0. The summed E-state index contributed by atoms with van der Waals surface area (Å²) in [5, 5.41) is 4.94. The molecule has 31 heavy (non-hydrogen) atoms. The molecule has 0 aliphatic carbocycles. The van der Waals surface area contributed by atoms with Crippen LogP contribution >= 0.6 is 0 Å². The van der Waals surface area contributed by atoms with Crippen LogP contribution < -0.4 is 4.74 Å². The van der Waals surface area contributed by atoms with Crippen LogP contribution in [0.3, 0.4) is 0 Å². The predicted molar refractivity (Wildman–Crippen MR) is 107 cm³/mol. The van der Waals surface area contributed by atoms with Crippen LogP contribution in [0, 0.1) is 0 Å². The Morgan fingerprint density at radius 1 is 1.16 bits per heavy atom. The van der Waals surface area contributed by atoms with Gasteiger partial charge in [-0.2, -0.15) is 13.2 Å². The van der Waals surface area contributed by atoms with Crippen molar-refractivity contribution in [2.24, 2.45) is 0 Å². The van der Waals surface area contributed by atoms with E-state index in [0.29, 0.717) is 29.9 Å². The highest BCUT2D eigenvalue weighted by Gasteiger charge is 2.29. The molecule has 1 saturated heterocycles. The van der Waals surface area contributed by atoms with Crippen molar-refractivity contribution in [1.82, 2.24) is 14.6 Å². The van der Waals surface area contributed by atoms with Crippen LogP contribution in [0.1, 0.15) is 29.9 Å². The van der Waals surface area contributed by atoms with E-state index >= 15 is 0 Å². The Morgan fingerprint density at radius 3 is 2.81 bits per heavy atom. The molecule has 0 amide bonds. The summed E-state index contributed by atoms with van der Waals surface area (Å²) in [4.78, 5) is 2.33. The van der Waals surface area contributed by atoms with Gasteiger partial charge < -0.3 is 18.6 Å². The first-order valence-electron chi connectivity index (χ1n) is 10.5. The topological polar surface area (TPSA) is 52.7 Å². The highest BCUT2D eigenvalue weighted by atomic mass is 19.4. The number of hydrogen-bond donors (Lipinski definition) is 0. The minimum atomic E-state index is -4.26. The molecule has 2 aromatic heterocycles. The summed E-state index contributed by atoms with van der Waals surface area (Å²) in [5.74, 6) is 1.57. The van der Waals surface area contributed by atoms with Gasteiger partial charge in [-0.25, -0.2) is 0 Å². The minimum absolute atomic E-state index is 0.0300. The normalized spacial score (nSPS) is 18.4. The van der Waals surface area contributed by atoms with Crippen molar-refractivity contribution in [1.29, 1.82) is 0 Å². The van der Waals surface area contributed by atoms with E-state index in [-0.39, 0.29) is 6.10 Å². The molecular weight excluding hydrogens is 411 g/mol. The standard InChI is InChI=1S/C22H24F3N3O3/c23-22(24,25)14-28-10-6-16-19(28)2-1-3-20(16)30-15-4-8-27(9-5-15)12-18-17-13-29-11-7-21(17)31-26-18/h1-3,6,10,15H,4-5,7-9,11-14H2. The van der Waals surface area contributed by atoms with Crippen LogP contribution in [0.15, 0.2) is 35.0 Å². The van der Waals surface area contributed by atoms with E-state index < -0.39 is 12.7 Å². The van der Waals surface area contributed by atoms with E-state index in [1.807, 2.05) is 6.07 Å². The van der Waals surface area contributed by atoms with Crippen LogP contribution in [0.25, 0.3) is 10.9 Å². The Morgan fingerprint density at radius 2 is 2.00 bits per heavy atom. The number of aromatic nitrogens is 2. The zero-order valence-electron chi connectivity index (χ0n) is 17.0. The number of benzene rings is 1. The number of fused-ring (bicyclic) bond motifs is 2. The zero-order valence-corrected chi connectivity index (χ0v) is 17.0. The van der Waals surface area contributed by atoms with Gasteiger partial charge in [-0.3, -0.25) is 4.90 Å². The Hall–Kier alpha value is -2.52. The molecule has 0 bridgehead atoms. The fraction of sp³-hybridized carbons (Fsp3) is 0.500. The average molecular weight is 435 g/mol. The molecule has 2 aliphatic heterocycles. The first-order valence-corrected chi connectivity index (χ1v) is 10.5. The molecule has 0 atom stereocenters. The Labute approximate surface area is 177 Å². The summed E-state index contributed by atoms with van der Waals surface area (Å²) >= 11 is 0. The Bertz CT molecular complexity index is 1050. The number of ether oxygens (including phenoxy) is 2. The maximum Gasteiger partial charge on any atom is 0.406 e. The molecule has 6 nitrogen and oxygen atoms in total. The number of hydrogen-bond acceptors (Lipinski definition) is 5. The van der Waals surface area contributed by atoms with Crippen molar-refractivity contribution in [3.05, 3.63) is 47.5 Å². The van der Waals surface area contributed by atoms with E-state index in [0.717, 1.165) is 55.9 Å². The number of nitrogens with zero attached hydrogens (tertiary/aromatic N) is 3. The molecule has 3 aromatic rings. The summed E-state index contributed by atoms with van der Waals surface area (Å²) in [6, 6.07) is 6.96. The third kappa shape index (κ3) is 4.43. The Kier molecular flexibility index (Phi) is 5.39. The molecule has 1 fully saturated rings. The van der Waals surface area contributed by atoms with Crippen molar-refractivity contribution in [3.8, 4) is 5.75 Å². The molecule has 2 aliphatic rings. The van der Waals surface area contributed by atoms with Crippen LogP contribution in [0.2, 0.25) is 0 Å². The van der Waals surface area contributed by atoms with Crippen molar-refractivity contribution < 1.29 is 27.2 Å². The third-order valence-corrected chi connectivity index (χ3v) is 6.00. The molecule has 4 heterocycles. The lowest BCUT2D eigenvalue weighted by Gasteiger charge is -2.32. The van der Waals surface area contributed by atoms with Crippen LogP contribution in [0.5, 0.6) is 5.75 Å². The van der Waals surface area contributed by atoms with Crippen molar-refractivity contribution in [2.75, 3.05) is 19.7 Å². The largest absolute Gasteiger partial charge is 0.490 e. The molecular formula is C22H24F3N3O3. The molecule has 9 heteroatoms. The SMILES string of the molecule is FC(F)(F)Cn1ccc2c(OC3CCN(Cc4noc5c4COCC5)CC3)cccc21. The smallest absolute Gasteiger partial charge is 0.406 e. The van der Waals surface area contributed by atoms with Gasteiger partial charge in [-0.1, -0.05) is 11.2 Å². The van der Waals surface area contributed by atoms with Gasteiger partial charge >= 0.3 is 6.18 Å². The van der Waals surface area contributed by atoms with Gasteiger partial charge in [-0.05, 0) is 31.0 Å². The number of piperidine rings is 1. The number of halogens is 3. The van der Waals surface area contributed by atoms with E-state index in [9.17, 15) is 13.2 Å². The fourth-order valence-electron chi connectivity index (χ4n) is 4.41. The van der Waals surface area contributed by atoms with Gasteiger partial charge in [0.1, 0.15) is 29.9 Å². The van der Waals surface area contributed by atoms with Gasteiger partial charge in [0.25, 0.3) is 0 Å². The van der Waals surface area contributed by atoms with Crippen molar-refractivity contribution in [2.45, 2.75) is 51.2 Å². The lowest BCUT2D eigenvalue weighted by molar-refractivity contribution is -0.139. The molecule has 0 radical (unpaired) electrons. The molecule has 5 rings (SSSR count). The van der Waals surface area contributed by atoms with E-state index in [2.05, 4.69) is 10.1 Å². The molecule has 0 N–H and O–H groups in total. The second-order valence-corrected chi connectivity index (χ2v) is 8.17. The predicted octanol–water partition coefficient (Wildman–Crippen LogP) is 4.31. The maximum atomic E-state index is 12.8. The molecule has 1 aromatic carbocycles. The van der Waals surface area contributed by atoms with Crippen LogP contribution in [0.4, 0.5) is 13.2 Å². The molecule has 0 saturated carbocycles. The zero-order chi connectivity index (χ0) is 21.4. The number of alkyl halides is 3. The monoisotopic (exact) mass is 435 g/mol. The lowest BCUT2D eigenvalue weighted by atomic mass is 10.1. The van der Waals surface area contributed by atoms with Gasteiger partial charge in [-0.15, -0.1) is 0 Å². The first kappa shape index (κ1) is 20.4. The minimum Gasteiger partial charge on any atom is -0.490 e. The van der Waals surface area contributed by atoms with E-state index in [1.54, 1.807) is 18.2 Å². The third-order valence-electron chi connectivity index (χ3n) is 6.00. The first-order chi connectivity index (χ1) is 15.0. The van der Waals surface area contributed by atoms with Gasteiger partial charge in [0, 0.05) is 43.2 Å². The molecule has 0 unspecified atom stereocenters. The van der Waals surface area contributed by atoms with Crippen LogP contribution in [-0.2, 0) is 30.9 Å². The summed E-state index contributed by atoms with van der Waals surface area (Å²) in [6.45, 7) is 2.68. The molecule has 0 spiro atoms. The summed E-state index contributed by atoms with van der Waals surface area (Å²) < 4.78 is 56.8. The van der Waals surface area contributed by atoms with Crippen LogP contribution in [-0.4, -0.2) is 46.6 Å². The second kappa shape index (κ2) is 8.20.